The molecule has 1 atom stereocenters. The first-order valence-corrected chi connectivity index (χ1v) is 9.52. The third kappa shape index (κ3) is 3.55. The molecule has 0 aliphatic carbocycles. The summed E-state index contributed by atoms with van der Waals surface area (Å²) >= 11 is 0.512. The second-order valence-corrected chi connectivity index (χ2v) is 7.48. The van der Waals surface area contributed by atoms with Gasteiger partial charge in [-0.05, 0) is 0 Å². The minimum absolute atomic E-state index is 0.512. The average Bonchev–Trinajstić information content (AvgIpc) is 2.98. The van der Waals surface area contributed by atoms with E-state index in [0.717, 1.165) is 12.8 Å². The molecular formula is C18H20N2Se. The predicted octanol–water partition coefficient (Wildman–Crippen LogP) is 3.48. The first-order chi connectivity index (χ1) is 10.4. The number of hydrogen-bond acceptors (Lipinski definition) is 2. The molecule has 1 unspecified atom stereocenters. The molecule has 2 aromatic rings. The molecule has 1 heterocycles. The number of hydrogen-bond donors (Lipinski definition) is 0. The van der Waals surface area contributed by atoms with Gasteiger partial charge in [0, 0.05) is 0 Å². The summed E-state index contributed by atoms with van der Waals surface area (Å²) in [6.45, 7) is 2.20. The van der Waals surface area contributed by atoms with Crippen molar-refractivity contribution < 1.29 is 0 Å². The number of anilines is 1. The molecular weight excluding hydrogens is 323 g/mol. The monoisotopic (exact) mass is 344 g/mol. The Morgan fingerprint density at radius 3 is 2.38 bits per heavy atom. The molecule has 1 aliphatic heterocycles. The zero-order chi connectivity index (χ0) is 14.5. The summed E-state index contributed by atoms with van der Waals surface area (Å²) in [5.41, 5.74) is 2.54. The van der Waals surface area contributed by atoms with E-state index in [9.17, 15) is 0 Å². The first kappa shape index (κ1) is 14.4. The fourth-order valence-corrected chi connectivity index (χ4v) is 4.62. The van der Waals surface area contributed by atoms with Crippen LogP contribution in [0, 0.1) is 0 Å². The fourth-order valence-electron chi connectivity index (χ4n) is 2.54. The van der Waals surface area contributed by atoms with Gasteiger partial charge in [-0.25, -0.2) is 0 Å². The van der Waals surface area contributed by atoms with Crippen molar-refractivity contribution >= 4 is 30.8 Å². The van der Waals surface area contributed by atoms with Crippen LogP contribution in [0.15, 0.2) is 65.8 Å². The molecule has 0 saturated heterocycles. The van der Waals surface area contributed by atoms with Crippen LogP contribution in [0.2, 0.25) is 5.32 Å². The Morgan fingerprint density at radius 1 is 1.05 bits per heavy atom. The van der Waals surface area contributed by atoms with Crippen LogP contribution in [-0.2, 0) is 0 Å². The Morgan fingerprint density at radius 2 is 1.71 bits per heavy atom. The summed E-state index contributed by atoms with van der Waals surface area (Å²) in [4.78, 5) is 0. The van der Waals surface area contributed by atoms with Gasteiger partial charge in [-0.3, -0.25) is 0 Å². The van der Waals surface area contributed by atoms with E-state index in [1.807, 2.05) is 0 Å². The predicted molar refractivity (Wildman–Crippen MR) is 91.7 cm³/mol. The van der Waals surface area contributed by atoms with Crippen molar-refractivity contribution in [1.29, 1.82) is 0 Å². The molecule has 0 N–H and O–H groups in total. The van der Waals surface area contributed by atoms with Crippen molar-refractivity contribution in [3.05, 3.63) is 60.7 Å². The van der Waals surface area contributed by atoms with Gasteiger partial charge in [0.2, 0.25) is 0 Å². The van der Waals surface area contributed by atoms with Crippen molar-refractivity contribution in [3.63, 3.8) is 0 Å². The average molecular weight is 343 g/mol. The van der Waals surface area contributed by atoms with Crippen LogP contribution in [0.4, 0.5) is 5.69 Å². The van der Waals surface area contributed by atoms with E-state index >= 15 is 0 Å². The molecule has 2 nitrogen and oxygen atoms in total. The van der Waals surface area contributed by atoms with Crippen molar-refractivity contribution in [2.24, 2.45) is 5.10 Å². The molecule has 21 heavy (non-hydrogen) atoms. The van der Waals surface area contributed by atoms with E-state index in [1.165, 1.54) is 21.2 Å². The third-order valence-corrected chi connectivity index (χ3v) is 6.11. The number of para-hydroxylation sites is 1. The van der Waals surface area contributed by atoms with Crippen LogP contribution >= 0.6 is 0 Å². The quantitative estimate of drug-likeness (QED) is 0.759. The van der Waals surface area contributed by atoms with E-state index < -0.39 is 0 Å². The Balaban J connectivity index is 1.72. The summed E-state index contributed by atoms with van der Waals surface area (Å²) in [5.74, 6) is 0. The SMILES string of the molecule is CCC1=NN(c2ccccc2)C(C[Se]c2ccccc2)C1. The maximum atomic E-state index is 4.83. The van der Waals surface area contributed by atoms with Gasteiger partial charge in [0.25, 0.3) is 0 Å². The molecule has 0 aromatic heterocycles. The van der Waals surface area contributed by atoms with Gasteiger partial charge in [-0.1, -0.05) is 0 Å². The number of hydrazone groups is 1. The van der Waals surface area contributed by atoms with Crippen LogP contribution in [0.1, 0.15) is 19.8 Å². The fraction of sp³-hybridized carbons (Fsp3) is 0.278. The van der Waals surface area contributed by atoms with Gasteiger partial charge >= 0.3 is 133 Å². The van der Waals surface area contributed by atoms with Crippen LogP contribution in [-0.4, -0.2) is 26.7 Å². The van der Waals surface area contributed by atoms with Crippen LogP contribution in [0.25, 0.3) is 0 Å². The first-order valence-electron chi connectivity index (χ1n) is 7.45. The second-order valence-electron chi connectivity index (χ2n) is 5.18. The van der Waals surface area contributed by atoms with Gasteiger partial charge in [0.05, 0.1) is 0 Å². The number of nitrogens with zero attached hydrogens (tertiary/aromatic N) is 2. The van der Waals surface area contributed by atoms with E-state index in [1.54, 1.807) is 0 Å². The zero-order valence-corrected chi connectivity index (χ0v) is 14.0. The number of rotatable bonds is 5. The van der Waals surface area contributed by atoms with E-state index in [-0.39, 0.29) is 0 Å². The zero-order valence-electron chi connectivity index (χ0n) is 12.3. The summed E-state index contributed by atoms with van der Waals surface area (Å²) in [7, 11) is 0. The Kier molecular flexibility index (Phi) is 4.74. The van der Waals surface area contributed by atoms with E-state index in [4.69, 9.17) is 5.10 Å². The van der Waals surface area contributed by atoms with Crippen molar-refractivity contribution in [1.82, 2.24) is 0 Å². The molecule has 0 spiro atoms. The molecule has 0 fully saturated rings. The summed E-state index contributed by atoms with van der Waals surface area (Å²) in [5, 5.41) is 8.28. The second kappa shape index (κ2) is 6.93. The molecule has 0 radical (unpaired) electrons. The normalized spacial score (nSPS) is 17.9. The maximum absolute atomic E-state index is 4.83. The van der Waals surface area contributed by atoms with Gasteiger partial charge in [0.1, 0.15) is 0 Å². The standard InChI is InChI=1S/C18H20N2Se/c1-2-15-13-17(14-21-18-11-7-4-8-12-18)20(19-15)16-9-5-3-6-10-16/h3-12,17H,2,13-14H2,1H3. The van der Waals surface area contributed by atoms with E-state index in [0.29, 0.717) is 21.0 Å². The third-order valence-electron chi connectivity index (χ3n) is 3.68. The van der Waals surface area contributed by atoms with Gasteiger partial charge in [-0.15, -0.1) is 0 Å². The number of benzene rings is 2. The van der Waals surface area contributed by atoms with Gasteiger partial charge in [-0.2, -0.15) is 0 Å². The summed E-state index contributed by atoms with van der Waals surface area (Å²) in [6, 6.07) is 21.9. The molecule has 3 rings (SSSR count). The molecule has 3 heteroatoms. The molecule has 0 bridgehead atoms. The Bertz CT molecular complexity index is 595. The molecule has 108 valence electrons. The molecule has 2 aromatic carbocycles. The van der Waals surface area contributed by atoms with E-state index in [2.05, 4.69) is 72.6 Å². The van der Waals surface area contributed by atoms with Crippen molar-refractivity contribution in [2.45, 2.75) is 31.1 Å². The summed E-state index contributed by atoms with van der Waals surface area (Å²) in [6.07, 6.45) is 2.16. The van der Waals surface area contributed by atoms with Gasteiger partial charge < -0.3 is 0 Å². The molecule has 1 aliphatic rings. The Hall–Kier alpha value is -1.57. The van der Waals surface area contributed by atoms with Crippen LogP contribution < -0.4 is 9.47 Å². The van der Waals surface area contributed by atoms with Crippen molar-refractivity contribution in [3.8, 4) is 0 Å². The van der Waals surface area contributed by atoms with Crippen LogP contribution in [0.3, 0.4) is 0 Å². The molecule has 0 saturated carbocycles. The van der Waals surface area contributed by atoms with Crippen LogP contribution in [0.5, 0.6) is 0 Å². The minimum atomic E-state index is 0.512. The van der Waals surface area contributed by atoms with Crippen molar-refractivity contribution in [2.75, 3.05) is 5.01 Å². The van der Waals surface area contributed by atoms with Gasteiger partial charge in [0.15, 0.2) is 0 Å². The Labute approximate surface area is 133 Å². The topological polar surface area (TPSA) is 15.6 Å². The summed E-state index contributed by atoms with van der Waals surface area (Å²) < 4.78 is 1.47. The molecule has 0 amide bonds.